The molecule has 3 aromatic rings. The van der Waals surface area contributed by atoms with Crippen molar-refractivity contribution in [3.05, 3.63) is 46.5 Å². The van der Waals surface area contributed by atoms with Gasteiger partial charge in [-0.1, -0.05) is 0 Å². The van der Waals surface area contributed by atoms with Crippen LogP contribution in [-0.2, 0) is 4.74 Å². The van der Waals surface area contributed by atoms with Gasteiger partial charge < -0.3 is 25.3 Å². The van der Waals surface area contributed by atoms with Gasteiger partial charge in [-0.15, -0.1) is 0 Å². The molecule has 174 valence electrons. The first-order valence-electron chi connectivity index (χ1n) is 10.9. The highest BCUT2D eigenvalue weighted by atomic mass is 19.1. The van der Waals surface area contributed by atoms with Crippen molar-refractivity contribution in [2.45, 2.75) is 50.0 Å². The van der Waals surface area contributed by atoms with E-state index in [9.17, 15) is 14.0 Å². The highest BCUT2D eigenvalue weighted by Crippen LogP contribution is 2.38. The first-order chi connectivity index (χ1) is 15.8. The third-order valence-corrected chi connectivity index (χ3v) is 6.69. The summed E-state index contributed by atoms with van der Waals surface area (Å²) in [6, 6.07) is 4.47. The van der Waals surface area contributed by atoms with Gasteiger partial charge in [0.05, 0.1) is 23.9 Å². The van der Waals surface area contributed by atoms with Crippen molar-refractivity contribution in [3.8, 4) is 0 Å². The second kappa shape index (κ2) is 7.84. The fraction of sp³-hybridized carbons (Fsp3) is 0.455. The van der Waals surface area contributed by atoms with Gasteiger partial charge in [-0.2, -0.15) is 9.61 Å². The fourth-order valence-electron chi connectivity index (χ4n) is 4.21. The van der Waals surface area contributed by atoms with Crippen LogP contribution in [0.15, 0.2) is 35.4 Å². The van der Waals surface area contributed by atoms with Gasteiger partial charge in [0.1, 0.15) is 29.1 Å². The number of rotatable bonds is 7. The Morgan fingerprint density at radius 1 is 1.39 bits per heavy atom. The number of hydrogen-bond acceptors (Lipinski definition) is 7. The van der Waals surface area contributed by atoms with E-state index in [1.54, 1.807) is 38.6 Å². The summed E-state index contributed by atoms with van der Waals surface area (Å²) < 4.78 is 22.0. The van der Waals surface area contributed by atoms with Crippen LogP contribution in [-0.4, -0.2) is 57.0 Å². The number of nitrogens with zero attached hydrogens (tertiary/aromatic N) is 4. The van der Waals surface area contributed by atoms with Crippen molar-refractivity contribution in [2.75, 3.05) is 24.8 Å². The number of pyridine rings is 1. The van der Waals surface area contributed by atoms with E-state index in [0.717, 1.165) is 12.8 Å². The molecule has 4 atom stereocenters. The molecule has 2 saturated carbocycles. The molecule has 0 spiro atoms. The third kappa shape index (κ3) is 3.62. The van der Waals surface area contributed by atoms with Crippen LogP contribution in [0.5, 0.6) is 0 Å². The number of hydrogen-bond donors (Lipinski definition) is 3. The summed E-state index contributed by atoms with van der Waals surface area (Å²) in [6.45, 7) is 1.97. The molecule has 3 heterocycles. The number of ether oxygens (including phenoxy) is 1. The van der Waals surface area contributed by atoms with Crippen molar-refractivity contribution >= 4 is 28.9 Å². The number of halogens is 1. The van der Waals surface area contributed by atoms with Crippen LogP contribution in [0.2, 0.25) is 0 Å². The number of aromatic nitrogens is 4. The normalized spacial score (nSPS) is 26.0. The van der Waals surface area contributed by atoms with Gasteiger partial charge >= 0.3 is 0 Å². The molecule has 0 aliphatic heterocycles. The Bertz CT molecular complexity index is 1280. The highest BCUT2D eigenvalue weighted by Gasteiger charge is 2.44. The van der Waals surface area contributed by atoms with E-state index in [4.69, 9.17) is 4.74 Å². The van der Waals surface area contributed by atoms with Gasteiger partial charge in [-0.05, 0) is 31.9 Å². The number of alkyl halides is 1. The second-order valence-electron chi connectivity index (χ2n) is 8.73. The molecular weight excluding hydrogens is 429 g/mol. The SMILES string of the molecule is CNc1cc(Nc2cccn([C@@H]3C[C@H]3F)c2=O)nc2c(C(=O)N[C@@H]3CC[C@@]3(C)OC)cnn12. The molecule has 5 rings (SSSR count). The van der Waals surface area contributed by atoms with E-state index in [2.05, 4.69) is 26.0 Å². The second-order valence-corrected chi connectivity index (χ2v) is 8.73. The van der Waals surface area contributed by atoms with Crippen LogP contribution in [0.4, 0.5) is 21.7 Å². The number of nitrogens with one attached hydrogen (secondary N) is 3. The lowest BCUT2D eigenvalue weighted by Crippen LogP contribution is -2.59. The van der Waals surface area contributed by atoms with Crippen LogP contribution in [0.25, 0.3) is 5.65 Å². The summed E-state index contributed by atoms with van der Waals surface area (Å²) in [5.74, 6) is 0.637. The van der Waals surface area contributed by atoms with Gasteiger partial charge in [-0.25, -0.2) is 9.37 Å². The topological polar surface area (TPSA) is 115 Å². The first-order valence-corrected chi connectivity index (χ1v) is 10.9. The molecule has 1 amide bonds. The van der Waals surface area contributed by atoms with E-state index < -0.39 is 12.2 Å². The molecule has 2 fully saturated rings. The fourth-order valence-corrected chi connectivity index (χ4v) is 4.21. The highest BCUT2D eigenvalue weighted by molar-refractivity contribution is 6.00. The number of fused-ring (bicyclic) bond motifs is 1. The molecule has 10 nitrogen and oxygen atoms in total. The van der Waals surface area contributed by atoms with Crippen molar-refractivity contribution < 1.29 is 13.9 Å². The zero-order valence-corrected chi connectivity index (χ0v) is 18.6. The lowest BCUT2D eigenvalue weighted by Gasteiger charge is -2.45. The number of carbonyl (C=O) groups excluding carboxylic acids is 1. The maximum atomic E-state index is 13.5. The monoisotopic (exact) mass is 455 g/mol. The molecule has 0 radical (unpaired) electrons. The summed E-state index contributed by atoms with van der Waals surface area (Å²) in [5, 5.41) is 13.4. The van der Waals surface area contributed by atoms with Crippen molar-refractivity contribution in [1.29, 1.82) is 0 Å². The van der Waals surface area contributed by atoms with Crippen LogP contribution in [0.3, 0.4) is 0 Å². The minimum Gasteiger partial charge on any atom is -0.376 e. The molecule has 0 aromatic carbocycles. The lowest BCUT2D eigenvalue weighted by molar-refractivity contribution is -0.0828. The minimum absolute atomic E-state index is 0.0976. The maximum Gasteiger partial charge on any atom is 0.274 e. The quantitative estimate of drug-likeness (QED) is 0.501. The first kappa shape index (κ1) is 21.4. The van der Waals surface area contributed by atoms with Gasteiger partial charge in [0, 0.05) is 32.8 Å². The average molecular weight is 455 g/mol. The predicted octanol–water partition coefficient (Wildman–Crippen LogP) is 2.26. The smallest absolute Gasteiger partial charge is 0.274 e. The van der Waals surface area contributed by atoms with Gasteiger partial charge in [0.25, 0.3) is 11.5 Å². The molecule has 3 N–H and O–H groups in total. The molecule has 0 saturated heterocycles. The molecule has 3 aromatic heterocycles. The minimum atomic E-state index is -0.994. The van der Waals surface area contributed by atoms with E-state index in [0.29, 0.717) is 29.3 Å². The zero-order chi connectivity index (χ0) is 23.3. The van der Waals surface area contributed by atoms with Gasteiger partial charge in [-0.3, -0.25) is 9.59 Å². The van der Waals surface area contributed by atoms with Crippen molar-refractivity contribution in [2.24, 2.45) is 0 Å². The Labute approximate surface area is 189 Å². The van der Waals surface area contributed by atoms with E-state index in [1.165, 1.54) is 15.3 Å². The van der Waals surface area contributed by atoms with Crippen molar-refractivity contribution in [3.63, 3.8) is 0 Å². The summed E-state index contributed by atoms with van der Waals surface area (Å²) in [6.07, 6.45) is 4.10. The largest absolute Gasteiger partial charge is 0.376 e. The number of amides is 1. The zero-order valence-electron chi connectivity index (χ0n) is 18.6. The molecule has 33 heavy (non-hydrogen) atoms. The Hall–Kier alpha value is -3.47. The summed E-state index contributed by atoms with van der Waals surface area (Å²) in [4.78, 5) is 30.4. The van der Waals surface area contributed by atoms with E-state index in [-0.39, 0.29) is 28.8 Å². The molecule has 0 bridgehead atoms. The molecular formula is C22H26FN7O3. The molecule has 0 unspecified atom stereocenters. The lowest BCUT2D eigenvalue weighted by atomic mass is 9.76. The number of anilines is 3. The maximum absolute atomic E-state index is 13.5. The standard InChI is InChI=1S/C22H26FN7O3/c1-22(33-3)7-6-16(22)27-20(31)12-11-25-30-18(24-2)10-17(28-19(12)30)26-14-5-4-8-29(21(14)32)15-9-13(15)23/h4-5,8,10-11,13,15-16,24H,6-7,9H2,1-3H3,(H,26,28)(H,27,31)/t13-,15-,16-,22-/m1/s1. The number of methoxy groups -OCH3 is 1. The van der Waals surface area contributed by atoms with Gasteiger partial charge in [0.15, 0.2) is 5.65 Å². The van der Waals surface area contributed by atoms with Crippen LogP contribution >= 0.6 is 0 Å². The molecule has 2 aliphatic carbocycles. The van der Waals surface area contributed by atoms with E-state index >= 15 is 0 Å². The number of carbonyl (C=O) groups is 1. The predicted molar refractivity (Wildman–Crippen MR) is 121 cm³/mol. The summed E-state index contributed by atoms with van der Waals surface area (Å²) in [7, 11) is 3.36. The Kier molecular flexibility index (Phi) is 5.08. The Morgan fingerprint density at radius 3 is 2.82 bits per heavy atom. The van der Waals surface area contributed by atoms with Crippen LogP contribution in [0.1, 0.15) is 42.6 Å². The summed E-state index contributed by atoms with van der Waals surface area (Å²) in [5.41, 5.74) is 0.200. The molecule has 2 aliphatic rings. The summed E-state index contributed by atoms with van der Waals surface area (Å²) >= 11 is 0. The van der Waals surface area contributed by atoms with Crippen molar-refractivity contribution in [1.82, 2.24) is 24.5 Å². The molecule has 11 heteroatoms. The third-order valence-electron chi connectivity index (χ3n) is 6.69. The Balaban J connectivity index is 1.46. The van der Waals surface area contributed by atoms with E-state index in [1.807, 2.05) is 6.92 Å². The Morgan fingerprint density at radius 2 is 2.18 bits per heavy atom. The van der Waals surface area contributed by atoms with Crippen LogP contribution < -0.4 is 21.5 Å². The van der Waals surface area contributed by atoms with Gasteiger partial charge in [0.2, 0.25) is 0 Å². The average Bonchev–Trinajstić information content (AvgIpc) is 3.37. The van der Waals surface area contributed by atoms with Crippen LogP contribution in [0, 0.1) is 0 Å².